The maximum absolute atomic E-state index is 11.8. The highest BCUT2D eigenvalue weighted by Gasteiger charge is 2.20. The van der Waals surface area contributed by atoms with Gasteiger partial charge in [-0.25, -0.2) is 5.06 Å². The van der Waals surface area contributed by atoms with Gasteiger partial charge in [-0.1, -0.05) is 24.3 Å². The molecule has 0 atom stereocenters. The highest BCUT2D eigenvalue weighted by molar-refractivity contribution is 5.78. The molecular formula is C12H15NO2. The lowest BCUT2D eigenvalue weighted by Crippen LogP contribution is -2.32. The van der Waals surface area contributed by atoms with Crippen molar-refractivity contribution in [1.29, 1.82) is 0 Å². The van der Waals surface area contributed by atoms with Crippen LogP contribution in [0.15, 0.2) is 24.3 Å². The summed E-state index contributed by atoms with van der Waals surface area (Å²) in [6.07, 6.45) is 1.33. The maximum atomic E-state index is 11.8. The van der Waals surface area contributed by atoms with Crippen molar-refractivity contribution in [2.45, 2.75) is 19.8 Å². The molecule has 3 heteroatoms. The summed E-state index contributed by atoms with van der Waals surface area (Å²) >= 11 is 0. The molecule has 3 nitrogen and oxygen atoms in total. The second-order valence-corrected chi connectivity index (χ2v) is 3.61. The maximum Gasteiger partial charge on any atom is 0.250 e. The quantitative estimate of drug-likeness (QED) is 0.733. The molecule has 0 saturated carbocycles. The Morgan fingerprint density at radius 3 is 2.80 bits per heavy atom. The largest absolute Gasteiger partial charge is 0.272 e. The average Bonchev–Trinajstić information content (AvgIpc) is 2.40. The van der Waals surface area contributed by atoms with Gasteiger partial charge in [-0.2, -0.15) is 0 Å². The number of benzene rings is 1. The van der Waals surface area contributed by atoms with E-state index in [1.165, 1.54) is 10.6 Å². The van der Waals surface area contributed by atoms with Crippen LogP contribution in [0.3, 0.4) is 0 Å². The number of hydrogen-bond acceptors (Lipinski definition) is 2. The molecule has 1 aliphatic rings. The van der Waals surface area contributed by atoms with Crippen molar-refractivity contribution in [3.8, 4) is 0 Å². The van der Waals surface area contributed by atoms with Gasteiger partial charge < -0.3 is 0 Å². The van der Waals surface area contributed by atoms with Crippen LogP contribution in [-0.4, -0.2) is 24.1 Å². The van der Waals surface area contributed by atoms with Gasteiger partial charge in [0.1, 0.15) is 0 Å². The van der Waals surface area contributed by atoms with Gasteiger partial charge in [-0.3, -0.25) is 9.63 Å². The first-order valence-electron chi connectivity index (χ1n) is 5.31. The SMILES string of the molecule is CCON1CCc2ccccc2CC1=O. The number of fused-ring (bicyclic) bond motifs is 1. The molecule has 15 heavy (non-hydrogen) atoms. The van der Waals surface area contributed by atoms with Gasteiger partial charge >= 0.3 is 0 Å². The molecule has 1 heterocycles. The summed E-state index contributed by atoms with van der Waals surface area (Å²) in [5, 5.41) is 1.49. The molecule has 0 radical (unpaired) electrons. The summed E-state index contributed by atoms with van der Waals surface area (Å²) in [4.78, 5) is 17.1. The number of carbonyl (C=O) groups excluding carboxylic acids is 1. The van der Waals surface area contributed by atoms with Crippen molar-refractivity contribution in [3.63, 3.8) is 0 Å². The fourth-order valence-corrected chi connectivity index (χ4v) is 1.86. The topological polar surface area (TPSA) is 29.5 Å². The molecule has 0 spiro atoms. The summed E-state index contributed by atoms with van der Waals surface area (Å²) in [5.41, 5.74) is 2.39. The van der Waals surface area contributed by atoms with E-state index in [1.54, 1.807) is 0 Å². The number of nitrogens with zero attached hydrogens (tertiary/aromatic N) is 1. The Morgan fingerprint density at radius 1 is 1.33 bits per heavy atom. The summed E-state index contributed by atoms with van der Waals surface area (Å²) in [7, 11) is 0. The Labute approximate surface area is 89.6 Å². The van der Waals surface area contributed by atoms with Gasteiger partial charge in [-0.05, 0) is 24.5 Å². The average molecular weight is 205 g/mol. The van der Waals surface area contributed by atoms with Crippen LogP contribution in [0.4, 0.5) is 0 Å². The zero-order valence-corrected chi connectivity index (χ0v) is 8.90. The van der Waals surface area contributed by atoms with Gasteiger partial charge in [-0.15, -0.1) is 0 Å². The van der Waals surface area contributed by atoms with Crippen molar-refractivity contribution >= 4 is 5.91 Å². The summed E-state index contributed by atoms with van der Waals surface area (Å²) in [6.45, 7) is 3.09. The van der Waals surface area contributed by atoms with Crippen molar-refractivity contribution in [3.05, 3.63) is 35.4 Å². The van der Waals surface area contributed by atoms with E-state index < -0.39 is 0 Å². The van der Waals surface area contributed by atoms with Crippen LogP contribution in [0.1, 0.15) is 18.1 Å². The van der Waals surface area contributed by atoms with E-state index in [0.717, 1.165) is 12.0 Å². The molecule has 1 aromatic carbocycles. The molecule has 1 aliphatic heterocycles. The summed E-state index contributed by atoms with van der Waals surface area (Å²) < 4.78 is 0. The number of hydroxylamine groups is 2. The van der Waals surface area contributed by atoms with Gasteiger partial charge in [0.25, 0.3) is 5.91 Å². The van der Waals surface area contributed by atoms with Gasteiger partial charge in [0.05, 0.1) is 19.6 Å². The van der Waals surface area contributed by atoms with Crippen molar-refractivity contribution in [2.75, 3.05) is 13.2 Å². The fraction of sp³-hybridized carbons (Fsp3) is 0.417. The molecule has 1 amide bonds. The Kier molecular flexibility index (Phi) is 3.02. The second-order valence-electron chi connectivity index (χ2n) is 3.61. The molecule has 0 bridgehead atoms. The minimum atomic E-state index is 0.0572. The normalized spacial score (nSPS) is 16.1. The highest BCUT2D eigenvalue weighted by atomic mass is 16.7. The first-order valence-corrected chi connectivity index (χ1v) is 5.31. The van der Waals surface area contributed by atoms with Crippen LogP contribution in [-0.2, 0) is 22.5 Å². The molecule has 0 fully saturated rings. The third-order valence-electron chi connectivity index (χ3n) is 2.61. The number of rotatable bonds is 2. The molecule has 0 N–H and O–H groups in total. The standard InChI is InChI=1S/C12H15NO2/c1-2-15-13-8-7-10-5-3-4-6-11(10)9-12(13)14/h3-6H,2,7-9H2,1H3. The Hall–Kier alpha value is -1.35. The summed E-state index contributed by atoms with van der Waals surface area (Å²) in [5.74, 6) is 0.0572. The molecule has 0 aromatic heterocycles. The Morgan fingerprint density at radius 2 is 2.07 bits per heavy atom. The molecule has 0 saturated heterocycles. The lowest BCUT2D eigenvalue weighted by atomic mass is 10.0. The van der Waals surface area contributed by atoms with E-state index in [9.17, 15) is 4.79 Å². The lowest BCUT2D eigenvalue weighted by Gasteiger charge is -2.18. The second kappa shape index (κ2) is 4.45. The zero-order chi connectivity index (χ0) is 10.7. The van der Waals surface area contributed by atoms with Crippen LogP contribution in [0.25, 0.3) is 0 Å². The first-order chi connectivity index (χ1) is 7.31. The van der Waals surface area contributed by atoms with Crippen LogP contribution in [0, 0.1) is 0 Å². The zero-order valence-electron chi connectivity index (χ0n) is 8.90. The van der Waals surface area contributed by atoms with Crippen LogP contribution < -0.4 is 0 Å². The first kappa shape index (κ1) is 10.2. The molecule has 0 unspecified atom stereocenters. The molecule has 1 aromatic rings. The number of hydrogen-bond donors (Lipinski definition) is 0. The van der Waals surface area contributed by atoms with E-state index in [1.807, 2.05) is 25.1 Å². The predicted octanol–water partition coefficient (Wildman–Crippen LogP) is 1.57. The fourth-order valence-electron chi connectivity index (χ4n) is 1.86. The van der Waals surface area contributed by atoms with Gasteiger partial charge in [0.15, 0.2) is 0 Å². The predicted molar refractivity (Wildman–Crippen MR) is 57.2 cm³/mol. The highest BCUT2D eigenvalue weighted by Crippen LogP contribution is 2.16. The number of carbonyl (C=O) groups is 1. The van der Waals surface area contributed by atoms with Gasteiger partial charge in [0.2, 0.25) is 0 Å². The Bertz CT molecular complexity index is 362. The smallest absolute Gasteiger partial charge is 0.250 e. The third kappa shape index (κ3) is 2.18. The van der Waals surface area contributed by atoms with Crippen LogP contribution in [0.2, 0.25) is 0 Å². The van der Waals surface area contributed by atoms with Crippen molar-refractivity contribution < 1.29 is 9.63 Å². The minimum absolute atomic E-state index is 0.0572. The monoisotopic (exact) mass is 205 g/mol. The van der Waals surface area contributed by atoms with Crippen LogP contribution in [0.5, 0.6) is 0 Å². The Balaban J connectivity index is 2.19. The van der Waals surface area contributed by atoms with Crippen molar-refractivity contribution in [1.82, 2.24) is 5.06 Å². The van der Waals surface area contributed by atoms with E-state index in [0.29, 0.717) is 19.6 Å². The third-order valence-corrected chi connectivity index (χ3v) is 2.61. The van der Waals surface area contributed by atoms with Crippen LogP contribution >= 0.6 is 0 Å². The summed E-state index contributed by atoms with van der Waals surface area (Å²) in [6, 6.07) is 8.09. The lowest BCUT2D eigenvalue weighted by molar-refractivity contribution is -0.183. The molecular weight excluding hydrogens is 190 g/mol. The van der Waals surface area contributed by atoms with Crippen molar-refractivity contribution in [2.24, 2.45) is 0 Å². The van der Waals surface area contributed by atoms with E-state index in [4.69, 9.17) is 4.84 Å². The minimum Gasteiger partial charge on any atom is -0.272 e. The van der Waals surface area contributed by atoms with E-state index in [2.05, 4.69) is 6.07 Å². The van der Waals surface area contributed by atoms with Gasteiger partial charge in [0, 0.05) is 0 Å². The molecule has 0 aliphatic carbocycles. The molecule has 80 valence electrons. The van der Waals surface area contributed by atoms with E-state index >= 15 is 0 Å². The van der Waals surface area contributed by atoms with E-state index in [-0.39, 0.29) is 5.91 Å². The molecule has 2 rings (SSSR count). The number of amides is 1.